The van der Waals surface area contributed by atoms with E-state index in [-0.39, 0.29) is 0 Å². The van der Waals surface area contributed by atoms with Crippen molar-refractivity contribution in [1.29, 1.82) is 0 Å². The molecule has 0 saturated carbocycles. The van der Waals surface area contributed by atoms with Crippen molar-refractivity contribution in [1.82, 2.24) is 0 Å². The first-order valence-electron chi connectivity index (χ1n) is 3.28. The summed E-state index contributed by atoms with van der Waals surface area (Å²) in [6.45, 7) is 0. The lowest BCUT2D eigenvalue weighted by Gasteiger charge is -1.93. The van der Waals surface area contributed by atoms with E-state index in [2.05, 4.69) is 0 Å². The van der Waals surface area contributed by atoms with Crippen molar-refractivity contribution in [2.24, 2.45) is 0 Å². The van der Waals surface area contributed by atoms with E-state index in [1.165, 1.54) is 0 Å². The Morgan fingerprint density at radius 3 is 1.82 bits per heavy atom. The van der Waals surface area contributed by atoms with Gasteiger partial charge in [-0.3, -0.25) is 0 Å². The number of ether oxygens (including phenoxy) is 2. The van der Waals surface area contributed by atoms with E-state index in [0.717, 1.165) is 11.1 Å². The van der Waals surface area contributed by atoms with Crippen LogP contribution >= 0.6 is 0 Å². The molecule has 0 aromatic carbocycles. The minimum absolute atomic E-state index is 0.307. The molecule has 0 aliphatic heterocycles. The molecule has 2 aliphatic rings. The van der Waals surface area contributed by atoms with Crippen molar-refractivity contribution in [3.05, 3.63) is 6.07 Å². The summed E-state index contributed by atoms with van der Waals surface area (Å²) in [6.07, 6.45) is 0. The highest BCUT2D eigenvalue weighted by atomic mass is 16.5. The van der Waals surface area contributed by atoms with Crippen LogP contribution in [-0.2, 0) is 0 Å². The maximum Gasteiger partial charge on any atom is 0.139 e. The maximum atomic E-state index is 9.17. The van der Waals surface area contributed by atoms with Crippen LogP contribution in [0.1, 0.15) is 0 Å². The van der Waals surface area contributed by atoms with E-state index in [0.29, 0.717) is 17.2 Å². The molecule has 0 unspecified atom stereocenters. The van der Waals surface area contributed by atoms with E-state index in [1.54, 1.807) is 20.3 Å². The van der Waals surface area contributed by atoms with Crippen molar-refractivity contribution in [2.45, 2.75) is 0 Å². The standard InChI is InChI=1S/C8H8O3/c1-10-4-3-5(11-2)7-6(4)8(7)9/h3,9H,1-2H3. The van der Waals surface area contributed by atoms with Crippen LogP contribution in [0.3, 0.4) is 0 Å². The Morgan fingerprint density at radius 2 is 1.55 bits per heavy atom. The molecular formula is C8H8O3. The van der Waals surface area contributed by atoms with Gasteiger partial charge in [-0.1, -0.05) is 0 Å². The first kappa shape index (κ1) is 6.34. The zero-order chi connectivity index (χ0) is 8.01. The minimum Gasteiger partial charge on any atom is -0.506 e. The summed E-state index contributed by atoms with van der Waals surface area (Å²) in [5, 5.41) is 9.17. The third kappa shape index (κ3) is 0.623. The number of hydrogen-bond donors (Lipinski definition) is 1. The third-order valence-electron chi connectivity index (χ3n) is 1.86. The molecule has 0 spiro atoms. The molecule has 3 nitrogen and oxygen atoms in total. The molecule has 11 heavy (non-hydrogen) atoms. The Balaban J connectivity index is 2.47. The van der Waals surface area contributed by atoms with Gasteiger partial charge >= 0.3 is 0 Å². The number of fused-ring (bicyclic) bond motifs is 1. The highest BCUT2D eigenvalue weighted by molar-refractivity contribution is 6.03. The largest absolute Gasteiger partial charge is 0.506 e. The Kier molecular flexibility index (Phi) is 1.04. The van der Waals surface area contributed by atoms with Crippen LogP contribution in [0.4, 0.5) is 0 Å². The maximum absolute atomic E-state index is 9.17. The van der Waals surface area contributed by atoms with Crippen LogP contribution in [0.2, 0.25) is 0 Å². The molecule has 0 aromatic rings. The molecular weight excluding hydrogens is 144 g/mol. The zero-order valence-electron chi connectivity index (χ0n) is 6.34. The van der Waals surface area contributed by atoms with Gasteiger partial charge in [0.1, 0.15) is 17.2 Å². The summed E-state index contributed by atoms with van der Waals surface area (Å²) in [4.78, 5) is 0. The molecule has 0 fully saturated rings. The van der Waals surface area contributed by atoms with Crippen LogP contribution in [0, 0.1) is 0 Å². The van der Waals surface area contributed by atoms with Crippen LogP contribution in [0.25, 0.3) is 11.1 Å². The quantitative estimate of drug-likeness (QED) is 0.706. The highest BCUT2D eigenvalue weighted by Gasteiger charge is 2.35. The van der Waals surface area contributed by atoms with Gasteiger partial charge in [-0.2, -0.15) is 0 Å². The van der Waals surface area contributed by atoms with Gasteiger partial charge in [0.05, 0.1) is 25.3 Å². The van der Waals surface area contributed by atoms with Crippen molar-refractivity contribution in [3.8, 4) is 28.4 Å². The van der Waals surface area contributed by atoms with Crippen LogP contribution < -0.4 is 9.47 Å². The molecule has 0 saturated heterocycles. The van der Waals surface area contributed by atoms with Crippen molar-refractivity contribution >= 4 is 0 Å². The van der Waals surface area contributed by atoms with E-state index >= 15 is 0 Å². The smallest absolute Gasteiger partial charge is 0.139 e. The number of methoxy groups -OCH3 is 2. The lowest BCUT2D eigenvalue weighted by molar-refractivity contribution is 0.400. The first-order chi connectivity index (χ1) is 5.29. The minimum atomic E-state index is 0.307. The number of phenolic OH excluding ortho intramolecular Hbond substituents is 1. The van der Waals surface area contributed by atoms with Crippen molar-refractivity contribution < 1.29 is 14.6 Å². The van der Waals surface area contributed by atoms with Gasteiger partial charge in [0.25, 0.3) is 0 Å². The fraction of sp³-hybridized carbons (Fsp3) is 0.250. The monoisotopic (exact) mass is 152 g/mol. The van der Waals surface area contributed by atoms with Gasteiger partial charge in [0, 0.05) is 6.07 Å². The fourth-order valence-corrected chi connectivity index (χ4v) is 1.24. The molecule has 0 amide bonds. The van der Waals surface area contributed by atoms with E-state index in [1.807, 2.05) is 0 Å². The lowest BCUT2D eigenvalue weighted by Crippen LogP contribution is -1.79. The third-order valence-corrected chi connectivity index (χ3v) is 1.86. The Hall–Kier alpha value is -1.38. The van der Waals surface area contributed by atoms with Crippen molar-refractivity contribution in [3.63, 3.8) is 0 Å². The first-order valence-corrected chi connectivity index (χ1v) is 3.28. The highest BCUT2D eigenvalue weighted by Crippen LogP contribution is 2.62. The molecule has 0 radical (unpaired) electrons. The summed E-state index contributed by atoms with van der Waals surface area (Å²) in [6, 6.07) is 1.77. The van der Waals surface area contributed by atoms with Gasteiger partial charge in [-0.15, -0.1) is 0 Å². The summed E-state index contributed by atoms with van der Waals surface area (Å²) in [5.74, 6) is 1.69. The lowest BCUT2D eigenvalue weighted by atomic mass is 10.5. The SMILES string of the molecule is COc1cc(OC)c2c(O)c1-2. The normalized spacial score (nSPS) is 11.1. The average molecular weight is 152 g/mol. The second-order valence-electron chi connectivity index (χ2n) is 2.38. The Labute approximate surface area is 64.2 Å². The van der Waals surface area contributed by atoms with Gasteiger partial charge in [-0.25, -0.2) is 0 Å². The number of phenols is 1. The van der Waals surface area contributed by atoms with Gasteiger partial charge in [-0.05, 0) is 0 Å². The molecule has 0 bridgehead atoms. The van der Waals surface area contributed by atoms with Gasteiger partial charge < -0.3 is 14.6 Å². The Morgan fingerprint density at radius 1 is 1.09 bits per heavy atom. The zero-order valence-corrected chi connectivity index (χ0v) is 6.34. The second-order valence-corrected chi connectivity index (χ2v) is 2.38. The summed E-state index contributed by atoms with van der Waals surface area (Å²) < 4.78 is 9.98. The van der Waals surface area contributed by atoms with Crippen LogP contribution in [0.15, 0.2) is 6.07 Å². The molecule has 2 aliphatic carbocycles. The van der Waals surface area contributed by atoms with Crippen molar-refractivity contribution in [2.75, 3.05) is 14.2 Å². The summed E-state index contributed by atoms with van der Waals surface area (Å²) >= 11 is 0. The average Bonchev–Trinajstić information content (AvgIpc) is 2.56. The van der Waals surface area contributed by atoms with E-state index < -0.39 is 0 Å². The molecule has 58 valence electrons. The number of rotatable bonds is 2. The molecule has 0 aromatic heterocycles. The molecule has 3 heteroatoms. The number of benzene rings is 1. The number of aromatic hydroxyl groups is 1. The van der Waals surface area contributed by atoms with Crippen LogP contribution in [0.5, 0.6) is 17.2 Å². The summed E-state index contributed by atoms with van der Waals surface area (Å²) in [7, 11) is 3.14. The topological polar surface area (TPSA) is 38.7 Å². The van der Waals surface area contributed by atoms with Gasteiger partial charge in [0.2, 0.25) is 0 Å². The molecule has 1 N–H and O–H groups in total. The molecule has 2 rings (SSSR count). The van der Waals surface area contributed by atoms with Crippen LogP contribution in [-0.4, -0.2) is 19.3 Å². The summed E-state index contributed by atoms with van der Waals surface area (Å²) in [5.41, 5.74) is 1.59. The predicted molar refractivity (Wildman–Crippen MR) is 40.2 cm³/mol. The van der Waals surface area contributed by atoms with E-state index in [9.17, 15) is 5.11 Å². The second kappa shape index (κ2) is 1.81. The predicted octanol–water partition coefficient (Wildman–Crippen LogP) is 1.39. The Bertz CT molecular complexity index is 289. The fourth-order valence-electron chi connectivity index (χ4n) is 1.24. The number of hydrogen-bond acceptors (Lipinski definition) is 3. The van der Waals surface area contributed by atoms with Gasteiger partial charge in [0.15, 0.2) is 0 Å². The molecule has 0 heterocycles. The molecule has 0 atom stereocenters. The van der Waals surface area contributed by atoms with E-state index in [4.69, 9.17) is 9.47 Å².